The van der Waals surface area contributed by atoms with Crippen molar-refractivity contribution >= 4 is 11.8 Å². The second-order valence-electron chi connectivity index (χ2n) is 8.43. The van der Waals surface area contributed by atoms with Crippen LogP contribution in [0, 0.1) is 5.92 Å². The molecule has 2 atom stereocenters. The van der Waals surface area contributed by atoms with Crippen LogP contribution in [0.25, 0.3) is 0 Å². The van der Waals surface area contributed by atoms with Crippen LogP contribution in [0.3, 0.4) is 0 Å². The number of carbonyl (C=O) groups is 2. The van der Waals surface area contributed by atoms with Gasteiger partial charge in [-0.15, -0.1) is 0 Å². The minimum Gasteiger partial charge on any atom is -0.497 e. The molecule has 1 aliphatic heterocycles. The van der Waals surface area contributed by atoms with E-state index in [2.05, 4.69) is 34.5 Å². The summed E-state index contributed by atoms with van der Waals surface area (Å²) >= 11 is 0. The predicted molar refractivity (Wildman–Crippen MR) is 120 cm³/mol. The number of hydrogen-bond acceptors (Lipinski definition) is 4. The Bertz CT molecular complexity index is 877. The zero-order valence-corrected chi connectivity index (χ0v) is 18.1. The highest BCUT2D eigenvalue weighted by Gasteiger charge is 2.37. The van der Waals surface area contributed by atoms with E-state index in [4.69, 9.17) is 4.74 Å². The number of amides is 2. The summed E-state index contributed by atoms with van der Waals surface area (Å²) in [4.78, 5) is 30.3. The van der Waals surface area contributed by atoms with Gasteiger partial charge in [-0.2, -0.15) is 0 Å². The molecule has 0 unspecified atom stereocenters. The molecule has 164 valence electrons. The molecule has 1 N–H and O–H groups in total. The SMILES string of the molecule is COc1ccc(C(=O)N[C@@H]2CCC[C@@H]2C(=O)N2CCN(Cc3ccccc3)CC2)cc1. The predicted octanol–water partition coefficient (Wildman–Crippen LogP) is 2.94. The molecule has 6 nitrogen and oxygen atoms in total. The van der Waals surface area contributed by atoms with E-state index in [9.17, 15) is 9.59 Å². The standard InChI is InChI=1S/C25H31N3O3/c1-31-21-12-10-20(11-13-21)24(29)26-23-9-5-8-22(23)25(30)28-16-14-27(15-17-28)18-19-6-3-2-4-7-19/h2-4,6-7,10-13,22-23H,5,8-9,14-18H2,1H3,(H,26,29)/t22-,23+/m0/s1. The second kappa shape index (κ2) is 9.96. The molecule has 1 saturated carbocycles. The average molecular weight is 422 g/mol. The van der Waals surface area contributed by atoms with E-state index in [1.807, 2.05) is 11.0 Å². The van der Waals surface area contributed by atoms with Gasteiger partial charge in [0.15, 0.2) is 0 Å². The fraction of sp³-hybridized carbons (Fsp3) is 0.440. The molecule has 0 bridgehead atoms. The summed E-state index contributed by atoms with van der Waals surface area (Å²) in [5.74, 6) is 0.664. The van der Waals surface area contributed by atoms with Crippen molar-refractivity contribution in [2.75, 3.05) is 33.3 Å². The van der Waals surface area contributed by atoms with Gasteiger partial charge in [0.25, 0.3) is 5.91 Å². The Morgan fingerprint density at radius 3 is 2.35 bits per heavy atom. The molecule has 31 heavy (non-hydrogen) atoms. The van der Waals surface area contributed by atoms with Gasteiger partial charge in [-0.25, -0.2) is 0 Å². The highest BCUT2D eigenvalue weighted by atomic mass is 16.5. The largest absolute Gasteiger partial charge is 0.497 e. The lowest BCUT2D eigenvalue weighted by Crippen LogP contribution is -2.52. The molecular formula is C25H31N3O3. The minimum absolute atomic E-state index is 0.0931. The van der Waals surface area contributed by atoms with Crippen LogP contribution in [0.15, 0.2) is 54.6 Å². The average Bonchev–Trinajstić information content (AvgIpc) is 3.28. The summed E-state index contributed by atoms with van der Waals surface area (Å²) in [5.41, 5.74) is 1.90. The molecule has 4 rings (SSSR count). The number of benzene rings is 2. The van der Waals surface area contributed by atoms with Gasteiger partial charge in [-0.3, -0.25) is 14.5 Å². The number of piperazine rings is 1. The van der Waals surface area contributed by atoms with Gasteiger partial charge in [0.1, 0.15) is 5.75 Å². The van der Waals surface area contributed by atoms with Gasteiger partial charge in [0.05, 0.1) is 13.0 Å². The third-order valence-electron chi connectivity index (χ3n) is 6.43. The Hall–Kier alpha value is -2.86. The summed E-state index contributed by atoms with van der Waals surface area (Å²) in [5, 5.41) is 3.11. The van der Waals surface area contributed by atoms with Crippen molar-refractivity contribution in [1.82, 2.24) is 15.1 Å². The molecular weight excluding hydrogens is 390 g/mol. The number of hydrogen-bond donors (Lipinski definition) is 1. The second-order valence-corrected chi connectivity index (χ2v) is 8.43. The summed E-state index contributed by atoms with van der Waals surface area (Å²) < 4.78 is 5.15. The van der Waals surface area contributed by atoms with Gasteiger partial charge in [-0.1, -0.05) is 36.8 Å². The van der Waals surface area contributed by atoms with E-state index in [0.29, 0.717) is 5.56 Å². The normalized spacial score (nSPS) is 21.6. The molecule has 2 aromatic rings. The smallest absolute Gasteiger partial charge is 0.251 e. The van der Waals surface area contributed by atoms with Crippen molar-refractivity contribution in [3.05, 3.63) is 65.7 Å². The number of rotatable bonds is 6. The van der Waals surface area contributed by atoms with Crippen LogP contribution >= 0.6 is 0 Å². The quantitative estimate of drug-likeness (QED) is 0.779. The molecule has 2 aromatic carbocycles. The van der Waals surface area contributed by atoms with Crippen LogP contribution in [0.5, 0.6) is 5.75 Å². The third-order valence-corrected chi connectivity index (χ3v) is 6.43. The van der Waals surface area contributed by atoms with E-state index < -0.39 is 0 Å². The summed E-state index contributed by atoms with van der Waals surface area (Å²) in [6.07, 6.45) is 2.67. The van der Waals surface area contributed by atoms with Crippen molar-refractivity contribution in [3.8, 4) is 5.75 Å². The Labute approximate surface area is 184 Å². The van der Waals surface area contributed by atoms with Crippen molar-refractivity contribution < 1.29 is 14.3 Å². The number of methoxy groups -OCH3 is 1. The first-order chi connectivity index (χ1) is 15.1. The molecule has 2 amide bonds. The molecule has 1 saturated heterocycles. The van der Waals surface area contributed by atoms with Gasteiger partial charge in [-0.05, 0) is 42.7 Å². The molecule has 1 heterocycles. The van der Waals surface area contributed by atoms with Gasteiger partial charge in [0.2, 0.25) is 5.91 Å². The lowest BCUT2D eigenvalue weighted by atomic mass is 10.0. The maximum atomic E-state index is 13.2. The number of ether oxygens (including phenoxy) is 1. The number of nitrogens with zero attached hydrogens (tertiary/aromatic N) is 2. The van der Waals surface area contributed by atoms with Crippen LogP contribution in [-0.2, 0) is 11.3 Å². The maximum Gasteiger partial charge on any atom is 0.251 e. The van der Waals surface area contributed by atoms with E-state index in [1.165, 1.54) is 5.56 Å². The van der Waals surface area contributed by atoms with Crippen LogP contribution in [0.1, 0.15) is 35.2 Å². The summed E-state index contributed by atoms with van der Waals surface area (Å²) in [6, 6.07) is 17.4. The first-order valence-electron chi connectivity index (χ1n) is 11.1. The molecule has 1 aliphatic carbocycles. The Kier molecular flexibility index (Phi) is 6.87. The third kappa shape index (κ3) is 5.25. The highest BCUT2D eigenvalue weighted by Crippen LogP contribution is 2.28. The number of carbonyl (C=O) groups excluding carboxylic acids is 2. The summed E-state index contributed by atoms with van der Waals surface area (Å²) in [7, 11) is 1.60. The molecule has 0 aromatic heterocycles. The Balaban J connectivity index is 1.30. The van der Waals surface area contributed by atoms with Crippen LogP contribution < -0.4 is 10.1 Å². The molecule has 6 heteroatoms. The molecule has 2 aliphatic rings. The minimum atomic E-state index is -0.125. The van der Waals surface area contributed by atoms with E-state index in [0.717, 1.165) is 57.7 Å². The van der Waals surface area contributed by atoms with Crippen LogP contribution in [0.4, 0.5) is 0 Å². The van der Waals surface area contributed by atoms with Crippen LogP contribution in [-0.4, -0.2) is 60.9 Å². The first-order valence-corrected chi connectivity index (χ1v) is 11.1. The van der Waals surface area contributed by atoms with E-state index >= 15 is 0 Å². The van der Waals surface area contributed by atoms with Gasteiger partial charge < -0.3 is 15.0 Å². The monoisotopic (exact) mass is 421 g/mol. The lowest BCUT2D eigenvalue weighted by molar-refractivity contribution is -0.137. The Morgan fingerprint density at radius 2 is 1.68 bits per heavy atom. The van der Waals surface area contributed by atoms with Crippen molar-refractivity contribution in [2.45, 2.75) is 31.8 Å². The number of nitrogens with one attached hydrogen (secondary N) is 1. The van der Waals surface area contributed by atoms with Gasteiger partial charge >= 0.3 is 0 Å². The molecule has 2 fully saturated rings. The fourth-order valence-electron chi connectivity index (χ4n) is 4.62. The van der Waals surface area contributed by atoms with Crippen molar-refractivity contribution in [2.24, 2.45) is 5.92 Å². The van der Waals surface area contributed by atoms with Crippen molar-refractivity contribution in [1.29, 1.82) is 0 Å². The van der Waals surface area contributed by atoms with Crippen molar-refractivity contribution in [3.63, 3.8) is 0 Å². The summed E-state index contributed by atoms with van der Waals surface area (Å²) in [6.45, 7) is 4.20. The zero-order valence-electron chi connectivity index (χ0n) is 18.1. The van der Waals surface area contributed by atoms with Gasteiger partial charge in [0, 0.05) is 44.3 Å². The zero-order chi connectivity index (χ0) is 21.6. The lowest BCUT2D eigenvalue weighted by Gasteiger charge is -2.37. The fourth-order valence-corrected chi connectivity index (χ4v) is 4.62. The topological polar surface area (TPSA) is 61.9 Å². The van der Waals surface area contributed by atoms with Crippen LogP contribution in [0.2, 0.25) is 0 Å². The first kappa shape index (κ1) is 21.4. The molecule has 0 spiro atoms. The van der Waals surface area contributed by atoms with E-state index in [-0.39, 0.29) is 23.8 Å². The maximum absolute atomic E-state index is 13.2. The highest BCUT2D eigenvalue weighted by molar-refractivity contribution is 5.95. The van der Waals surface area contributed by atoms with E-state index in [1.54, 1.807) is 31.4 Å². The molecule has 0 radical (unpaired) electrons. The Morgan fingerprint density at radius 1 is 0.968 bits per heavy atom.